The van der Waals surface area contributed by atoms with E-state index in [0.717, 1.165) is 38.2 Å². The Balaban J connectivity index is 2.05. The molecule has 1 saturated heterocycles. The van der Waals surface area contributed by atoms with Crippen LogP contribution < -0.4 is 10.6 Å². The monoisotopic (exact) mass is 264 g/mol. The van der Waals surface area contributed by atoms with E-state index < -0.39 is 5.97 Å². The summed E-state index contributed by atoms with van der Waals surface area (Å²) < 4.78 is 5.18. The summed E-state index contributed by atoms with van der Waals surface area (Å²) in [7, 11) is 1.73. The smallest absolute Gasteiger partial charge is 0.335 e. The van der Waals surface area contributed by atoms with Gasteiger partial charge in [0.05, 0.1) is 16.9 Å². The molecule has 1 aliphatic heterocycles. The molecule has 3 N–H and O–H groups in total. The highest BCUT2D eigenvalue weighted by atomic mass is 16.5. The van der Waals surface area contributed by atoms with Gasteiger partial charge >= 0.3 is 5.97 Å². The number of ether oxygens (including phenoxy) is 1. The second-order valence-corrected chi connectivity index (χ2v) is 4.96. The van der Waals surface area contributed by atoms with Gasteiger partial charge in [0.25, 0.3) is 0 Å². The molecule has 0 spiro atoms. The number of nitrogens with two attached hydrogens (primary N) is 1. The fraction of sp³-hybridized carbons (Fsp3) is 0.500. The molecule has 2 rings (SSSR count). The van der Waals surface area contributed by atoms with E-state index in [-0.39, 0.29) is 5.56 Å². The summed E-state index contributed by atoms with van der Waals surface area (Å²) >= 11 is 0. The van der Waals surface area contributed by atoms with Crippen LogP contribution in [-0.2, 0) is 4.74 Å². The van der Waals surface area contributed by atoms with Crippen molar-refractivity contribution in [3.8, 4) is 0 Å². The number of carbonyl (C=O) groups is 1. The third-order valence-corrected chi connectivity index (χ3v) is 3.63. The van der Waals surface area contributed by atoms with E-state index >= 15 is 0 Å². The molecular weight excluding hydrogens is 244 g/mol. The van der Waals surface area contributed by atoms with Gasteiger partial charge in [0.2, 0.25) is 0 Å². The first-order valence-corrected chi connectivity index (χ1v) is 6.48. The molecule has 0 aliphatic carbocycles. The molecular formula is C14H20N2O3. The lowest BCUT2D eigenvalue weighted by Gasteiger charge is -2.34. The lowest BCUT2D eigenvalue weighted by molar-refractivity contribution is 0.0697. The van der Waals surface area contributed by atoms with Crippen molar-refractivity contribution in [2.75, 3.05) is 37.4 Å². The maximum Gasteiger partial charge on any atom is 0.335 e. The molecule has 0 aromatic heterocycles. The predicted molar refractivity (Wildman–Crippen MR) is 74.6 cm³/mol. The van der Waals surface area contributed by atoms with Crippen LogP contribution in [0.15, 0.2) is 18.2 Å². The van der Waals surface area contributed by atoms with Crippen LogP contribution in [0.5, 0.6) is 0 Å². The van der Waals surface area contributed by atoms with Crippen molar-refractivity contribution in [1.82, 2.24) is 0 Å². The average Bonchev–Trinajstić information content (AvgIpc) is 2.40. The molecule has 1 aromatic rings. The minimum absolute atomic E-state index is 0.232. The maximum absolute atomic E-state index is 10.9. The Labute approximate surface area is 113 Å². The van der Waals surface area contributed by atoms with Crippen LogP contribution in [0, 0.1) is 5.92 Å². The quantitative estimate of drug-likeness (QED) is 0.811. The number of piperidine rings is 1. The van der Waals surface area contributed by atoms with Gasteiger partial charge in [0.15, 0.2) is 0 Å². The number of carboxylic acids is 1. The standard InChI is InChI=1S/C14H20N2O3/c1-19-9-10-4-6-16(7-5-10)13-3-2-11(14(17)18)8-12(13)15/h2-3,8,10H,4-7,9,15H2,1H3,(H,17,18). The molecule has 0 saturated carbocycles. The van der Waals surface area contributed by atoms with Crippen LogP contribution in [0.25, 0.3) is 0 Å². The minimum Gasteiger partial charge on any atom is -0.478 e. The molecule has 0 bridgehead atoms. The molecule has 0 amide bonds. The van der Waals surface area contributed by atoms with Crippen molar-refractivity contribution in [1.29, 1.82) is 0 Å². The number of nitrogen functional groups attached to an aromatic ring is 1. The number of hydrogen-bond acceptors (Lipinski definition) is 4. The number of benzene rings is 1. The van der Waals surface area contributed by atoms with Crippen LogP contribution in [0.3, 0.4) is 0 Å². The topological polar surface area (TPSA) is 75.8 Å². The van der Waals surface area contributed by atoms with Crippen molar-refractivity contribution in [2.24, 2.45) is 5.92 Å². The fourth-order valence-corrected chi connectivity index (χ4v) is 2.55. The molecule has 1 fully saturated rings. The highest BCUT2D eigenvalue weighted by molar-refractivity contribution is 5.90. The summed E-state index contributed by atoms with van der Waals surface area (Å²) in [4.78, 5) is 13.1. The Hall–Kier alpha value is -1.75. The first kappa shape index (κ1) is 13.7. The summed E-state index contributed by atoms with van der Waals surface area (Å²) in [5, 5.41) is 8.92. The molecule has 0 radical (unpaired) electrons. The molecule has 0 unspecified atom stereocenters. The Morgan fingerprint density at radius 2 is 2.16 bits per heavy atom. The third-order valence-electron chi connectivity index (χ3n) is 3.63. The number of carboxylic acid groups (broad SMARTS) is 1. The predicted octanol–water partition coefficient (Wildman–Crippen LogP) is 1.83. The first-order chi connectivity index (χ1) is 9.11. The number of hydrogen-bond donors (Lipinski definition) is 2. The fourth-order valence-electron chi connectivity index (χ4n) is 2.55. The molecule has 1 aromatic carbocycles. The minimum atomic E-state index is -0.947. The highest BCUT2D eigenvalue weighted by Gasteiger charge is 2.20. The van der Waals surface area contributed by atoms with Crippen LogP contribution in [0.2, 0.25) is 0 Å². The van der Waals surface area contributed by atoms with Crippen molar-refractivity contribution < 1.29 is 14.6 Å². The molecule has 19 heavy (non-hydrogen) atoms. The number of methoxy groups -OCH3 is 1. The molecule has 1 aliphatic rings. The second kappa shape index (κ2) is 5.93. The van der Waals surface area contributed by atoms with Gasteiger partial charge in [-0.15, -0.1) is 0 Å². The van der Waals surface area contributed by atoms with Crippen LogP contribution in [0.1, 0.15) is 23.2 Å². The summed E-state index contributed by atoms with van der Waals surface area (Å²) in [6, 6.07) is 4.93. The molecule has 1 heterocycles. The van der Waals surface area contributed by atoms with E-state index in [1.807, 2.05) is 0 Å². The van der Waals surface area contributed by atoms with Crippen LogP contribution >= 0.6 is 0 Å². The molecule has 0 atom stereocenters. The van der Waals surface area contributed by atoms with Gasteiger partial charge in [-0.25, -0.2) is 4.79 Å². The van der Waals surface area contributed by atoms with Gasteiger partial charge in [-0.1, -0.05) is 0 Å². The zero-order valence-electron chi connectivity index (χ0n) is 11.1. The van der Waals surface area contributed by atoms with Gasteiger partial charge in [0, 0.05) is 26.8 Å². The summed E-state index contributed by atoms with van der Waals surface area (Å²) in [5.74, 6) is -0.335. The van der Waals surface area contributed by atoms with Crippen LogP contribution in [0.4, 0.5) is 11.4 Å². The molecule has 104 valence electrons. The second-order valence-electron chi connectivity index (χ2n) is 4.96. The third kappa shape index (κ3) is 3.17. The highest BCUT2D eigenvalue weighted by Crippen LogP contribution is 2.29. The van der Waals surface area contributed by atoms with E-state index in [1.165, 1.54) is 6.07 Å². The van der Waals surface area contributed by atoms with E-state index in [1.54, 1.807) is 19.2 Å². The van der Waals surface area contributed by atoms with Crippen LogP contribution in [-0.4, -0.2) is 37.9 Å². The lowest BCUT2D eigenvalue weighted by atomic mass is 9.97. The van der Waals surface area contributed by atoms with Gasteiger partial charge in [-0.05, 0) is 37.0 Å². The Morgan fingerprint density at radius 3 is 2.68 bits per heavy atom. The molecule has 5 nitrogen and oxygen atoms in total. The number of nitrogens with zero attached hydrogens (tertiary/aromatic N) is 1. The van der Waals surface area contributed by atoms with Gasteiger partial charge in [-0.2, -0.15) is 0 Å². The Morgan fingerprint density at radius 1 is 1.47 bits per heavy atom. The van der Waals surface area contributed by atoms with E-state index in [2.05, 4.69) is 4.90 Å². The van der Waals surface area contributed by atoms with E-state index in [9.17, 15) is 4.79 Å². The van der Waals surface area contributed by atoms with Gasteiger partial charge < -0.3 is 20.5 Å². The number of anilines is 2. The van der Waals surface area contributed by atoms with Crippen molar-refractivity contribution in [3.63, 3.8) is 0 Å². The molecule has 5 heteroatoms. The lowest BCUT2D eigenvalue weighted by Crippen LogP contribution is -2.35. The zero-order valence-corrected chi connectivity index (χ0v) is 11.1. The number of rotatable bonds is 4. The van der Waals surface area contributed by atoms with Gasteiger partial charge in [-0.3, -0.25) is 0 Å². The summed E-state index contributed by atoms with van der Waals surface area (Å²) in [6.07, 6.45) is 2.15. The van der Waals surface area contributed by atoms with Crippen molar-refractivity contribution in [3.05, 3.63) is 23.8 Å². The first-order valence-electron chi connectivity index (χ1n) is 6.48. The Kier molecular flexibility index (Phi) is 4.27. The van der Waals surface area contributed by atoms with Crippen molar-refractivity contribution in [2.45, 2.75) is 12.8 Å². The average molecular weight is 264 g/mol. The normalized spacial score (nSPS) is 16.6. The van der Waals surface area contributed by atoms with E-state index in [0.29, 0.717) is 11.6 Å². The Bertz CT molecular complexity index is 454. The zero-order chi connectivity index (χ0) is 13.8. The van der Waals surface area contributed by atoms with Gasteiger partial charge in [0.1, 0.15) is 0 Å². The maximum atomic E-state index is 10.9. The summed E-state index contributed by atoms with van der Waals surface area (Å²) in [5.41, 5.74) is 7.65. The summed E-state index contributed by atoms with van der Waals surface area (Å²) in [6.45, 7) is 2.68. The largest absolute Gasteiger partial charge is 0.478 e. The SMILES string of the molecule is COCC1CCN(c2ccc(C(=O)O)cc2N)CC1. The van der Waals surface area contributed by atoms with E-state index in [4.69, 9.17) is 15.6 Å². The van der Waals surface area contributed by atoms with Crippen molar-refractivity contribution >= 4 is 17.3 Å². The number of aromatic carboxylic acids is 1.